The molecule has 1 rings (SSSR count). The van der Waals surface area contributed by atoms with E-state index in [-0.39, 0.29) is 16.9 Å². The molecule has 0 radical (unpaired) electrons. The molecule has 4 heteroatoms. The summed E-state index contributed by atoms with van der Waals surface area (Å²) in [5.74, 6) is -1.17. The number of carbonyl (C=O) groups excluding carboxylic acids is 1. The van der Waals surface area contributed by atoms with Crippen LogP contribution in [-0.4, -0.2) is 35.0 Å². The van der Waals surface area contributed by atoms with Gasteiger partial charge in [-0.15, -0.1) is 0 Å². The number of rotatable bonds is 2. The number of hydrogen-bond donors (Lipinski definition) is 1. The fraction of sp³-hybridized carbons (Fsp3) is 0.667. The lowest BCUT2D eigenvalue weighted by molar-refractivity contribution is -0.133. The van der Waals surface area contributed by atoms with E-state index in [4.69, 9.17) is 5.11 Å². The normalized spacial score (nSPS) is 20.6. The number of likely N-dealkylation sites (tertiary alicyclic amines) is 1. The van der Waals surface area contributed by atoms with Crippen LogP contribution in [0.3, 0.4) is 0 Å². The van der Waals surface area contributed by atoms with Crippen LogP contribution in [0.1, 0.15) is 34.1 Å². The summed E-state index contributed by atoms with van der Waals surface area (Å²) in [6.07, 6.45) is 0.970. The van der Waals surface area contributed by atoms with E-state index in [1.807, 2.05) is 0 Å². The first-order valence-corrected chi connectivity index (χ1v) is 5.45. The third-order valence-corrected chi connectivity index (χ3v) is 3.17. The van der Waals surface area contributed by atoms with Crippen LogP contribution in [0.25, 0.3) is 0 Å². The van der Waals surface area contributed by atoms with Crippen LogP contribution in [0.4, 0.5) is 0 Å². The van der Waals surface area contributed by atoms with Crippen LogP contribution in [0.15, 0.2) is 11.1 Å². The molecule has 0 aromatic heterocycles. The van der Waals surface area contributed by atoms with Crippen LogP contribution < -0.4 is 0 Å². The van der Waals surface area contributed by atoms with E-state index in [2.05, 4.69) is 13.8 Å². The molecule has 1 amide bonds. The molecule has 0 atom stereocenters. The van der Waals surface area contributed by atoms with Gasteiger partial charge in [0.1, 0.15) is 0 Å². The van der Waals surface area contributed by atoms with Gasteiger partial charge >= 0.3 is 5.97 Å². The fourth-order valence-electron chi connectivity index (χ4n) is 1.84. The van der Waals surface area contributed by atoms with E-state index < -0.39 is 5.97 Å². The standard InChI is InChI=1S/C12H19NO3/c1-8(9(2)11(15)16)10(14)13-6-5-12(3,4)7-13/h5-7H2,1-4H3,(H,15,16). The molecule has 0 saturated carbocycles. The Bertz CT molecular complexity index is 355. The topological polar surface area (TPSA) is 57.6 Å². The van der Waals surface area contributed by atoms with Gasteiger partial charge in [0.05, 0.1) is 0 Å². The van der Waals surface area contributed by atoms with Gasteiger partial charge in [0.25, 0.3) is 0 Å². The van der Waals surface area contributed by atoms with Crippen molar-refractivity contribution in [2.45, 2.75) is 34.1 Å². The Balaban J connectivity index is 2.81. The van der Waals surface area contributed by atoms with Gasteiger partial charge in [-0.1, -0.05) is 13.8 Å². The fourth-order valence-corrected chi connectivity index (χ4v) is 1.84. The minimum atomic E-state index is -1.02. The highest BCUT2D eigenvalue weighted by molar-refractivity contribution is 6.01. The molecule has 1 aliphatic heterocycles. The molecule has 0 aliphatic carbocycles. The van der Waals surface area contributed by atoms with E-state index in [9.17, 15) is 9.59 Å². The van der Waals surface area contributed by atoms with Crippen molar-refractivity contribution in [3.8, 4) is 0 Å². The van der Waals surface area contributed by atoms with E-state index in [1.165, 1.54) is 6.92 Å². The summed E-state index contributed by atoms with van der Waals surface area (Å²) in [5, 5.41) is 8.82. The number of carboxylic acid groups (broad SMARTS) is 1. The summed E-state index contributed by atoms with van der Waals surface area (Å²) in [6.45, 7) is 8.70. The molecule has 0 spiro atoms. The second kappa shape index (κ2) is 4.28. The summed E-state index contributed by atoms with van der Waals surface area (Å²) in [5.41, 5.74) is 0.618. The van der Waals surface area contributed by atoms with Crippen molar-refractivity contribution in [2.75, 3.05) is 13.1 Å². The highest BCUT2D eigenvalue weighted by Gasteiger charge is 2.32. The largest absolute Gasteiger partial charge is 0.478 e. The number of carboxylic acids is 1. The van der Waals surface area contributed by atoms with Crippen LogP contribution in [-0.2, 0) is 9.59 Å². The maximum absolute atomic E-state index is 12.0. The van der Waals surface area contributed by atoms with Gasteiger partial charge in [-0.25, -0.2) is 4.79 Å². The first kappa shape index (κ1) is 12.7. The van der Waals surface area contributed by atoms with Gasteiger partial charge in [0.2, 0.25) is 5.91 Å². The number of hydrogen-bond acceptors (Lipinski definition) is 2. The van der Waals surface area contributed by atoms with Crippen molar-refractivity contribution in [3.05, 3.63) is 11.1 Å². The Kier molecular flexibility index (Phi) is 3.41. The lowest BCUT2D eigenvalue weighted by atomic mass is 9.93. The predicted molar refractivity (Wildman–Crippen MR) is 61.0 cm³/mol. The highest BCUT2D eigenvalue weighted by atomic mass is 16.4. The smallest absolute Gasteiger partial charge is 0.331 e. The number of aliphatic carboxylic acids is 1. The van der Waals surface area contributed by atoms with Crippen molar-refractivity contribution in [1.82, 2.24) is 4.90 Å². The van der Waals surface area contributed by atoms with Crippen molar-refractivity contribution in [2.24, 2.45) is 5.41 Å². The SMILES string of the molecule is CC(C(=O)O)=C(C)C(=O)N1CCC(C)(C)C1. The van der Waals surface area contributed by atoms with Crippen LogP contribution >= 0.6 is 0 Å². The molecular formula is C12H19NO3. The van der Waals surface area contributed by atoms with Gasteiger partial charge in [0.15, 0.2) is 0 Å². The molecule has 16 heavy (non-hydrogen) atoms. The third kappa shape index (κ3) is 2.62. The molecule has 1 fully saturated rings. The quantitative estimate of drug-likeness (QED) is 0.727. The number of carbonyl (C=O) groups is 2. The average molecular weight is 225 g/mol. The average Bonchev–Trinajstić information content (AvgIpc) is 2.55. The second-order valence-electron chi connectivity index (χ2n) is 5.20. The molecule has 1 heterocycles. The monoisotopic (exact) mass is 225 g/mol. The van der Waals surface area contributed by atoms with Crippen molar-refractivity contribution in [1.29, 1.82) is 0 Å². The highest BCUT2D eigenvalue weighted by Crippen LogP contribution is 2.29. The summed E-state index contributed by atoms with van der Waals surface area (Å²) >= 11 is 0. The zero-order valence-electron chi connectivity index (χ0n) is 10.3. The minimum Gasteiger partial charge on any atom is -0.478 e. The van der Waals surface area contributed by atoms with Crippen molar-refractivity contribution in [3.63, 3.8) is 0 Å². The van der Waals surface area contributed by atoms with Gasteiger partial charge in [-0.2, -0.15) is 0 Å². The molecule has 90 valence electrons. The zero-order valence-corrected chi connectivity index (χ0v) is 10.3. The van der Waals surface area contributed by atoms with E-state index >= 15 is 0 Å². The molecule has 1 aliphatic rings. The van der Waals surface area contributed by atoms with Crippen LogP contribution in [0.2, 0.25) is 0 Å². The molecule has 4 nitrogen and oxygen atoms in total. The summed E-state index contributed by atoms with van der Waals surface area (Å²) in [6, 6.07) is 0. The molecule has 0 unspecified atom stereocenters. The second-order valence-corrected chi connectivity index (χ2v) is 5.20. The molecule has 1 N–H and O–H groups in total. The van der Waals surface area contributed by atoms with Gasteiger partial charge in [-0.3, -0.25) is 4.79 Å². The van der Waals surface area contributed by atoms with Gasteiger partial charge in [-0.05, 0) is 25.7 Å². The van der Waals surface area contributed by atoms with Gasteiger partial charge < -0.3 is 10.0 Å². The Morgan fingerprint density at radius 2 is 1.75 bits per heavy atom. The maximum Gasteiger partial charge on any atom is 0.331 e. The first-order chi connectivity index (χ1) is 7.24. The molecular weight excluding hydrogens is 206 g/mol. The summed E-state index contributed by atoms with van der Waals surface area (Å²) in [4.78, 5) is 24.5. The summed E-state index contributed by atoms with van der Waals surface area (Å²) < 4.78 is 0. The molecule has 0 bridgehead atoms. The third-order valence-electron chi connectivity index (χ3n) is 3.17. The Morgan fingerprint density at radius 1 is 1.19 bits per heavy atom. The van der Waals surface area contributed by atoms with E-state index in [0.717, 1.165) is 13.0 Å². The Labute approximate surface area is 95.9 Å². The molecule has 0 aromatic rings. The lowest BCUT2D eigenvalue weighted by Crippen LogP contribution is -2.31. The number of nitrogens with zero attached hydrogens (tertiary/aromatic N) is 1. The van der Waals surface area contributed by atoms with Crippen molar-refractivity contribution < 1.29 is 14.7 Å². The zero-order chi connectivity index (χ0) is 12.5. The predicted octanol–water partition coefficient (Wildman–Crippen LogP) is 1.67. The minimum absolute atomic E-state index is 0.134. The Hall–Kier alpha value is -1.32. The van der Waals surface area contributed by atoms with Crippen LogP contribution in [0, 0.1) is 5.41 Å². The van der Waals surface area contributed by atoms with E-state index in [0.29, 0.717) is 12.1 Å². The number of amides is 1. The van der Waals surface area contributed by atoms with Gasteiger partial charge in [0, 0.05) is 24.2 Å². The van der Waals surface area contributed by atoms with Crippen molar-refractivity contribution >= 4 is 11.9 Å². The molecule has 1 saturated heterocycles. The first-order valence-electron chi connectivity index (χ1n) is 5.45. The maximum atomic E-state index is 12.0. The Morgan fingerprint density at radius 3 is 2.12 bits per heavy atom. The lowest BCUT2D eigenvalue weighted by Gasteiger charge is -2.20. The van der Waals surface area contributed by atoms with E-state index in [1.54, 1.807) is 11.8 Å². The van der Waals surface area contributed by atoms with Crippen LogP contribution in [0.5, 0.6) is 0 Å². The summed E-state index contributed by atoms with van der Waals surface area (Å²) in [7, 11) is 0. The molecule has 0 aromatic carbocycles.